The Morgan fingerprint density at radius 1 is 1.18 bits per heavy atom. The maximum atomic E-state index is 9.46. The first-order valence-corrected chi connectivity index (χ1v) is 7.29. The molecule has 0 unspecified atom stereocenters. The van der Waals surface area contributed by atoms with E-state index in [0.717, 1.165) is 41.7 Å². The number of benzene rings is 1. The van der Waals surface area contributed by atoms with Crippen LogP contribution in [0.25, 0.3) is 22.3 Å². The standard InChI is InChI=1S/C16H18N4O2/c1-3-4-9-20-15-13(16(22-2)18-10-17-15)14(19-20)11-5-7-12(21)8-6-11/h5-8,10,21H,3-4,9H2,1-2H3. The number of phenolic OH excluding ortho intramolecular Hbond substituents is 1. The molecule has 6 nitrogen and oxygen atoms in total. The molecular weight excluding hydrogens is 280 g/mol. The Balaban J connectivity index is 2.21. The Morgan fingerprint density at radius 2 is 1.95 bits per heavy atom. The van der Waals surface area contributed by atoms with E-state index < -0.39 is 0 Å². The number of phenols is 1. The van der Waals surface area contributed by atoms with Crippen LogP contribution in [0.5, 0.6) is 11.6 Å². The molecule has 0 amide bonds. The fourth-order valence-electron chi connectivity index (χ4n) is 2.42. The van der Waals surface area contributed by atoms with Crippen LogP contribution < -0.4 is 4.74 Å². The lowest BCUT2D eigenvalue weighted by Gasteiger charge is -2.02. The molecular formula is C16H18N4O2. The number of fused-ring (bicyclic) bond motifs is 1. The maximum absolute atomic E-state index is 9.46. The highest BCUT2D eigenvalue weighted by molar-refractivity contribution is 5.94. The number of unbranched alkanes of at least 4 members (excludes halogenated alkanes) is 1. The summed E-state index contributed by atoms with van der Waals surface area (Å²) in [5, 5.41) is 14.9. The van der Waals surface area contributed by atoms with Gasteiger partial charge in [0.25, 0.3) is 0 Å². The number of aromatic hydroxyl groups is 1. The molecule has 0 aliphatic rings. The van der Waals surface area contributed by atoms with Gasteiger partial charge in [0.1, 0.15) is 23.2 Å². The topological polar surface area (TPSA) is 73.1 Å². The number of nitrogens with zero attached hydrogens (tertiary/aromatic N) is 4. The Morgan fingerprint density at radius 3 is 2.64 bits per heavy atom. The molecule has 2 aromatic heterocycles. The SMILES string of the molecule is CCCCn1nc(-c2ccc(O)cc2)c2c(OC)ncnc21. The summed E-state index contributed by atoms with van der Waals surface area (Å²) in [7, 11) is 1.59. The van der Waals surface area contributed by atoms with Crippen molar-refractivity contribution < 1.29 is 9.84 Å². The van der Waals surface area contributed by atoms with Crippen LogP contribution in [0.15, 0.2) is 30.6 Å². The molecule has 3 aromatic rings. The summed E-state index contributed by atoms with van der Waals surface area (Å²) in [6, 6.07) is 6.94. The summed E-state index contributed by atoms with van der Waals surface area (Å²) in [4.78, 5) is 8.55. The van der Waals surface area contributed by atoms with Gasteiger partial charge in [-0.25, -0.2) is 14.6 Å². The van der Waals surface area contributed by atoms with Crippen molar-refractivity contribution in [3.8, 4) is 22.9 Å². The van der Waals surface area contributed by atoms with Crippen molar-refractivity contribution in [2.24, 2.45) is 0 Å². The van der Waals surface area contributed by atoms with Crippen molar-refractivity contribution in [1.29, 1.82) is 0 Å². The lowest BCUT2D eigenvalue weighted by molar-refractivity contribution is 0.402. The third kappa shape index (κ3) is 2.47. The molecule has 0 fully saturated rings. The number of hydrogen-bond acceptors (Lipinski definition) is 5. The predicted octanol–water partition coefficient (Wildman–Crippen LogP) is 3.01. The smallest absolute Gasteiger partial charge is 0.228 e. The lowest BCUT2D eigenvalue weighted by atomic mass is 10.1. The van der Waals surface area contributed by atoms with Gasteiger partial charge in [0.2, 0.25) is 5.88 Å². The Kier molecular flexibility index (Phi) is 3.91. The van der Waals surface area contributed by atoms with E-state index in [2.05, 4.69) is 22.0 Å². The van der Waals surface area contributed by atoms with Gasteiger partial charge in [-0.15, -0.1) is 0 Å². The van der Waals surface area contributed by atoms with Crippen LogP contribution in [-0.4, -0.2) is 32.0 Å². The van der Waals surface area contributed by atoms with Crippen molar-refractivity contribution >= 4 is 11.0 Å². The summed E-state index contributed by atoms with van der Waals surface area (Å²) in [5.74, 6) is 0.734. The summed E-state index contributed by atoms with van der Waals surface area (Å²) in [6.07, 6.45) is 3.60. The van der Waals surface area contributed by atoms with Gasteiger partial charge < -0.3 is 9.84 Å². The number of aryl methyl sites for hydroxylation is 1. The molecule has 0 aliphatic carbocycles. The van der Waals surface area contributed by atoms with E-state index in [-0.39, 0.29) is 5.75 Å². The van der Waals surface area contributed by atoms with E-state index in [9.17, 15) is 5.11 Å². The van der Waals surface area contributed by atoms with E-state index in [4.69, 9.17) is 4.74 Å². The molecule has 0 radical (unpaired) electrons. The Labute approximate surface area is 128 Å². The van der Waals surface area contributed by atoms with Crippen LogP contribution in [0.3, 0.4) is 0 Å². The first kappa shape index (κ1) is 14.3. The molecule has 0 saturated carbocycles. The van der Waals surface area contributed by atoms with Gasteiger partial charge >= 0.3 is 0 Å². The summed E-state index contributed by atoms with van der Waals surface area (Å²) < 4.78 is 7.27. The normalized spacial score (nSPS) is 11.0. The molecule has 0 saturated heterocycles. The molecule has 6 heteroatoms. The minimum atomic E-state index is 0.224. The quantitative estimate of drug-likeness (QED) is 0.784. The highest BCUT2D eigenvalue weighted by Gasteiger charge is 2.18. The molecule has 0 aliphatic heterocycles. The van der Waals surface area contributed by atoms with Crippen molar-refractivity contribution in [1.82, 2.24) is 19.7 Å². The average molecular weight is 298 g/mol. The number of aromatic nitrogens is 4. The number of rotatable bonds is 5. The molecule has 0 spiro atoms. The van der Waals surface area contributed by atoms with Crippen molar-refractivity contribution in [3.63, 3.8) is 0 Å². The van der Waals surface area contributed by atoms with Crippen molar-refractivity contribution in [2.45, 2.75) is 26.3 Å². The first-order valence-electron chi connectivity index (χ1n) is 7.29. The summed E-state index contributed by atoms with van der Waals surface area (Å²) in [6.45, 7) is 2.94. The summed E-state index contributed by atoms with van der Waals surface area (Å²) >= 11 is 0. The van der Waals surface area contributed by atoms with Gasteiger partial charge in [-0.1, -0.05) is 13.3 Å². The fraction of sp³-hybridized carbons (Fsp3) is 0.312. The second-order valence-corrected chi connectivity index (χ2v) is 5.05. The molecule has 3 rings (SSSR count). The largest absolute Gasteiger partial charge is 0.508 e. The van der Waals surface area contributed by atoms with Crippen LogP contribution >= 0.6 is 0 Å². The van der Waals surface area contributed by atoms with E-state index in [1.807, 2.05) is 16.8 Å². The molecule has 2 heterocycles. The molecule has 22 heavy (non-hydrogen) atoms. The zero-order chi connectivity index (χ0) is 15.5. The predicted molar refractivity (Wildman–Crippen MR) is 83.9 cm³/mol. The average Bonchev–Trinajstić information content (AvgIpc) is 2.92. The summed E-state index contributed by atoms with van der Waals surface area (Å²) in [5.41, 5.74) is 2.43. The molecule has 114 valence electrons. The van der Waals surface area contributed by atoms with E-state index in [1.165, 1.54) is 6.33 Å². The van der Waals surface area contributed by atoms with Gasteiger partial charge in [0, 0.05) is 12.1 Å². The van der Waals surface area contributed by atoms with Crippen molar-refractivity contribution in [2.75, 3.05) is 7.11 Å². The van der Waals surface area contributed by atoms with E-state index >= 15 is 0 Å². The zero-order valence-electron chi connectivity index (χ0n) is 12.7. The van der Waals surface area contributed by atoms with Crippen molar-refractivity contribution in [3.05, 3.63) is 30.6 Å². The van der Waals surface area contributed by atoms with Crippen LogP contribution in [0, 0.1) is 0 Å². The van der Waals surface area contributed by atoms with Gasteiger partial charge in [-0.3, -0.25) is 0 Å². The zero-order valence-corrected chi connectivity index (χ0v) is 12.7. The maximum Gasteiger partial charge on any atom is 0.228 e. The second-order valence-electron chi connectivity index (χ2n) is 5.05. The monoisotopic (exact) mass is 298 g/mol. The fourth-order valence-corrected chi connectivity index (χ4v) is 2.42. The second kappa shape index (κ2) is 6.01. The van der Waals surface area contributed by atoms with Crippen LogP contribution in [0.2, 0.25) is 0 Å². The Hall–Kier alpha value is -2.63. The highest BCUT2D eigenvalue weighted by Crippen LogP contribution is 2.33. The molecule has 0 atom stereocenters. The number of ether oxygens (including phenoxy) is 1. The van der Waals surface area contributed by atoms with Crippen LogP contribution in [0.4, 0.5) is 0 Å². The number of hydrogen-bond donors (Lipinski definition) is 1. The van der Waals surface area contributed by atoms with E-state index in [1.54, 1.807) is 19.2 Å². The van der Waals surface area contributed by atoms with Gasteiger partial charge in [-0.05, 0) is 30.7 Å². The minimum Gasteiger partial charge on any atom is -0.508 e. The lowest BCUT2D eigenvalue weighted by Crippen LogP contribution is -2.01. The molecule has 1 N–H and O–H groups in total. The number of methoxy groups -OCH3 is 1. The molecule has 0 bridgehead atoms. The third-order valence-corrected chi connectivity index (χ3v) is 3.55. The molecule has 1 aromatic carbocycles. The van der Waals surface area contributed by atoms with Gasteiger partial charge in [0.05, 0.1) is 7.11 Å². The highest BCUT2D eigenvalue weighted by atomic mass is 16.5. The van der Waals surface area contributed by atoms with Gasteiger partial charge in [0.15, 0.2) is 5.65 Å². The minimum absolute atomic E-state index is 0.224. The van der Waals surface area contributed by atoms with E-state index in [0.29, 0.717) is 5.88 Å². The first-order chi connectivity index (χ1) is 10.7. The van der Waals surface area contributed by atoms with Crippen LogP contribution in [0.1, 0.15) is 19.8 Å². The Bertz CT molecular complexity index is 781. The third-order valence-electron chi connectivity index (χ3n) is 3.55. The van der Waals surface area contributed by atoms with Crippen LogP contribution in [-0.2, 0) is 6.54 Å². The van der Waals surface area contributed by atoms with Gasteiger partial charge in [-0.2, -0.15) is 5.10 Å².